The first-order chi connectivity index (χ1) is 8.02. The smallest absolute Gasteiger partial charge is 0.165 e. The van der Waals surface area contributed by atoms with Gasteiger partial charge in [-0.2, -0.15) is 0 Å². The Labute approximate surface area is 102 Å². The van der Waals surface area contributed by atoms with Gasteiger partial charge in [0.15, 0.2) is 11.5 Å². The van der Waals surface area contributed by atoms with Gasteiger partial charge in [0.1, 0.15) is 0 Å². The molecular formula is C13H21NO3. The Bertz CT molecular complexity index is 366. The predicted octanol–water partition coefficient (Wildman–Crippen LogP) is 1.72. The first-order valence-electron chi connectivity index (χ1n) is 5.67. The van der Waals surface area contributed by atoms with Crippen LogP contribution in [-0.2, 0) is 0 Å². The van der Waals surface area contributed by atoms with Crippen LogP contribution in [0, 0.1) is 5.92 Å². The Morgan fingerprint density at radius 1 is 1.18 bits per heavy atom. The van der Waals surface area contributed by atoms with Gasteiger partial charge in [-0.1, -0.05) is 26.0 Å². The number of rotatable bonds is 5. The van der Waals surface area contributed by atoms with Crippen molar-refractivity contribution < 1.29 is 14.6 Å². The average molecular weight is 239 g/mol. The number of ether oxygens (including phenoxy) is 2. The molecular weight excluding hydrogens is 218 g/mol. The van der Waals surface area contributed by atoms with Crippen LogP contribution in [0.4, 0.5) is 0 Å². The summed E-state index contributed by atoms with van der Waals surface area (Å²) in [6.45, 7) is 3.86. The fourth-order valence-corrected chi connectivity index (χ4v) is 1.77. The van der Waals surface area contributed by atoms with Crippen molar-refractivity contribution >= 4 is 0 Å². The number of hydrogen-bond acceptors (Lipinski definition) is 4. The molecule has 1 aromatic carbocycles. The van der Waals surface area contributed by atoms with E-state index < -0.39 is 12.1 Å². The molecule has 0 saturated heterocycles. The fourth-order valence-electron chi connectivity index (χ4n) is 1.77. The summed E-state index contributed by atoms with van der Waals surface area (Å²) in [6, 6.07) is 5.00. The number of aliphatic hydroxyl groups is 1. The maximum atomic E-state index is 10.0. The maximum absolute atomic E-state index is 10.0. The predicted molar refractivity (Wildman–Crippen MR) is 67.3 cm³/mol. The molecule has 0 aliphatic carbocycles. The molecule has 3 N–H and O–H groups in total. The van der Waals surface area contributed by atoms with Crippen LogP contribution in [0.2, 0.25) is 0 Å². The van der Waals surface area contributed by atoms with Crippen molar-refractivity contribution in [2.75, 3.05) is 14.2 Å². The second kappa shape index (κ2) is 5.89. The summed E-state index contributed by atoms with van der Waals surface area (Å²) in [5.41, 5.74) is 6.81. The third kappa shape index (κ3) is 2.90. The third-order valence-corrected chi connectivity index (χ3v) is 2.84. The molecule has 0 aliphatic rings. The highest BCUT2D eigenvalue weighted by Gasteiger charge is 2.24. The summed E-state index contributed by atoms with van der Waals surface area (Å²) in [4.78, 5) is 0. The minimum absolute atomic E-state index is 0.0842. The molecule has 0 amide bonds. The van der Waals surface area contributed by atoms with E-state index in [1.807, 2.05) is 26.0 Å². The van der Waals surface area contributed by atoms with Crippen molar-refractivity contribution in [2.24, 2.45) is 11.7 Å². The van der Waals surface area contributed by atoms with E-state index in [1.165, 1.54) is 0 Å². The van der Waals surface area contributed by atoms with Crippen molar-refractivity contribution in [2.45, 2.75) is 26.0 Å². The number of nitrogens with two attached hydrogens (primary N) is 1. The minimum Gasteiger partial charge on any atom is -0.493 e. The van der Waals surface area contributed by atoms with Gasteiger partial charge in [-0.05, 0) is 12.0 Å². The van der Waals surface area contributed by atoms with Crippen molar-refractivity contribution in [3.63, 3.8) is 0 Å². The molecule has 1 aromatic rings. The fraction of sp³-hybridized carbons (Fsp3) is 0.538. The molecule has 0 fully saturated rings. The van der Waals surface area contributed by atoms with Crippen molar-refractivity contribution in [1.29, 1.82) is 0 Å². The van der Waals surface area contributed by atoms with Gasteiger partial charge in [-0.3, -0.25) is 0 Å². The lowest BCUT2D eigenvalue weighted by Gasteiger charge is -2.24. The number of benzene rings is 1. The molecule has 0 bridgehead atoms. The van der Waals surface area contributed by atoms with Crippen LogP contribution in [0.3, 0.4) is 0 Å². The Balaban J connectivity index is 3.12. The van der Waals surface area contributed by atoms with Gasteiger partial charge in [-0.15, -0.1) is 0 Å². The zero-order valence-corrected chi connectivity index (χ0v) is 10.8. The highest BCUT2D eigenvalue weighted by atomic mass is 16.5. The van der Waals surface area contributed by atoms with E-state index >= 15 is 0 Å². The molecule has 0 heterocycles. The quantitative estimate of drug-likeness (QED) is 0.821. The monoisotopic (exact) mass is 239 g/mol. The zero-order chi connectivity index (χ0) is 13.0. The van der Waals surface area contributed by atoms with Crippen LogP contribution in [-0.4, -0.2) is 25.4 Å². The second-order valence-electron chi connectivity index (χ2n) is 4.34. The molecule has 1 rings (SSSR count). The largest absolute Gasteiger partial charge is 0.493 e. The third-order valence-electron chi connectivity index (χ3n) is 2.84. The summed E-state index contributed by atoms with van der Waals surface area (Å²) in [5, 5.41) is 10.0. The van der Waals surface area contributed by atoms with Crippen molar-refractivity contribution in [3.8, 4) is 11.5 Å². The normalized spacial score (nSPS) is 14.5. The first kappa shape index (κ1) is 13.8. The molecule has 0 aliphatic heterocycles. The first-order valence-corrected chi connectivity index (χ1v) is 5.67. The van der Waals surface area contributed by atoms with E-state index in [2.05, 4.69) is 0 Å². The number of aliphatic hydroxyl groups excluding tert-OH is 1. The van der Waals surface area contributed by atoms with Crippen LogP contribution in [0.25, 0.3) is 0 Å². The number of hydrogen-bond donors (Lipinski definition) is 2. The van der Waals surface area contributed by atoms with Crippen LogP contribution in [0.1, 0.15) is 25.5 Å². The van der Waals surface area contributed by atoms with E-state index in [1.54, 1.807) is 20.3 Å². The van der Waals surface area contributed by atoms with Gasteiger partial charge in [0.2, 0.25) is 0 Å². The maximum Gasteiger partial charge on any atom is 0.165 e. The lowest BCUT2D eigenvalue weighted by atomic mass is 9.93. The van der Waals surface area contributed by atoms with Gasteiger partial charge >= 0.3 is 0 Å². The van der Waals surface area contributed by atoms with E-state index in [0.29, 0.717) is 11.5 Å². The highest BCUT2D eigenvalue weighted by Crippen LogP contribution is 2.35. The average Bonchev–Trinajstić information content (AvgIpc) is 2.35. The standard InChI is InChI=1S/C13H21NO3/c1-8(2)12(15)11(14)9-6-5-7-10(16-3)13(9)17-4/h5-8,11-12,15H,14H2,1-4H3/t11-,12+/m1/s1. The molecule has 4 heteroatoms. The molecule has 4 nitrogen and oxygen atoms in total. The summed E-state index contributed by atoms with van der Waals surface area (Å²) in [7, 11) is 3.14. The molecule has 2 atom stereocenters. The van der Waals surface area contributed by atoms with Crippen LogP contribution < -0.4 is 15.2 Å². The lowest BCUT2D eigenvalue weighted by Crippen LogP contribution is -2.30. The zero-order valence-electron chi connectivity index (χ0n) is 10.8. The van der Waals surface area contributed by atoms with Crippen molar-refractivity contribution in [3.05, 3.63) is 23.8 Å². The Morgan fingerprint density at radius 2 is 1.82 bits per heavy atom. The van der Waals surface area contributed by atoms with Gasteiger partial charge in [0.05, 0.1) is 26.4 Å². The van der Waals surface area contributed by atoms with Crippen molar-refractivity contribution in [1.82, 2.24) is 0 Å². The molecule has 0 radical (unpaired) electrons. The number of methoxy groups -OCH3 is 2. The SMILES string of the molecule is COc1cccc([C@@H](N)[C@@H](O)C(C)C)c1OC. The van der Waals surface area contributed by atoms with E-state index in [0.717, 1.165) is 5.56 Å². The molecule has 0 aromatic heterocycles. The second-order valence-corrected chi connectivity index (χ2v) is 4.34. The van der Waals surface area contributed by atoms with E-state index in [-0.39, 0.29) is 5.92 Å². The molecule has 0 spiro atoms. The topological polar surface area (TPSA) is 64.7 Å². The van der Waals surface area contributed by atoms with Gasteiger partial charge in [-0.25, -0.2) is 0 Å². The Morgan fingerprint density at radius 3 is 2.29 bits per heavy atom. The van der Waals surface area contributed by atoms with Crippen LogP contribution >= 0.6 is 0 Å². The van der Waals surface area contributed by atoms with Gasteiger partial charge in [0, 0.05) is 5.56 Å². The molecule has 96 valence electrons. The highest BCUT2D eigenvalue weighted by molar-refractivity contribution is 5.48. The molecule has 0 saturated carbocycles. The van der Waals surface area contributed by atoms with E-state index in [4.69, 9.17) is 15.2 Å². The van der Waals surface area contributed by atoms with Gasteiger partial charge in [0.25, 0.3) is 0 Å². The summed E-state index contributed by atoms with van der Waals surface area (Å²) in [5.74, 6) is 1.29. The summed E-state index contributed by atoms with van der Waals surface area (Å²) < 4.78 is 10.5. The lowest BCUT2D eigenvalue weighted by molar-refractivity contribution is 0.0968. The summed E-state index contributed by atoms with van der Waals surface area (Å²) in [6.07, 6.45) is -0.615. The molecule has 0 unspecified atom stereocenters. The number of para-hydroxylation sites is 1. The Kier molecular flexibility index (Phi) is 4.78. The van der Waals surface area contributed by atoms with Crippen LogP contribution in [0.15, 0.2) is 18.2 Å². The minimum atomic E-state index is -0.615. The summed E-state index contributed by atoms with van der Waals surface area (Å²) >= 11 is 0. The van der Waals surface area contributed by atoms with Gasteiger partial charge < -0.3 is 20.3 Å². The molecule has 17 heavy (non-hydrogen) atoms. The van der Waals surface area contributed by atoms with Crippen LogP contribution in [0.5, 0.6) is 11.5 Å². The van der Waals surface area contributed by atoms with E-state index in [9.17, 15) is 5.11 Å². The Hall–Kier alpha value is -1.26.